The van der Waals surface area contributed by atoms with Crippen LogP contribution < -0.4 is 0 Å². The van der Waals surface area contributed by atoms with Crippen molar-refractivity contribution in [1.29, 1.82) is 0 Å². The summed E-state index contributed by atoms with van der Waals surface area (Å²) in [4.78, 5) is 11.9. The largest absolute Gasteiger partial charge is 0.381 e. The van der Waals surface area contributed by atoms with E-state index in [1.54, 1.807) is 12.1 Å². The number of halogens is 1. The Balaban J connectivity index is 2.06. The van der Waals surface area contributed by atoms with E-state index in [1.807, 2.05) is 42.5 Å². The molecule has 1 atom stereocenters. The zero-order chi connectivity index (χ0) is 13.0. The van der Waals surface area contributed by atoms with E-state index in [1.165, 1.54) is 0 Å². The predicted molar refractivity (Wildman–Crippen MR) is 74.3 cm³/mol. The molecule has 0 aliphatic carbocycles. The van der Waals surface area contributed by atoms with Gasteiger partial charge in [-0.2, -0.15) is 0 Å². The maximum Gasteiger partial charge on any atom is 0.170 e. The van der Waals surface area contributed by atoms with E-state index in [2.05, 4.69) is 15.9 Å². The van der Waals surface area contributed by atoms with Gasteiger partial charge in [-0.05, 0) is 23.3 Å². The van der Waals surface area contributed by atoms with Crippen LogP contribution in [0.15, 0.2) is 59.1 Å². The molecule has 0 aromatic heterocycles. The molecular formula is C15H13BrO2. The summed E-state index contributed by atoms with van der Waals surface area (Å²) in [7, 11) is 0. The Morgan fingerprint density at radius 3 is 2.28 bits per heavy atom. The van der Waals surface area contributed by atoms with Gasteiger partial charge in [-0.3, -0.25) is 4.79 Å². The number of hydrogen-bond acceptors (Lipinski definition) is 2. The first-order valence-corrected chi connectivity index (χ1v) is 6.46. The highest BCUT2D eigenvalue weighted by atomic mass is 79.9. The van der Waals surface area contributed by atoms with Gasteiger partial charge in [0.2, 0.25) is 0 Å². The lowest BCUT2D eigenvalue weighted by atomic mass is 10.0. The van der Waals surface area contributed by atoms with Crippen LogP contribution in [0.4, 0.5) is 0 Å². The van der Waals surface area contributed by atoms with Crippen LogP contribution in [0, 0.1) is 0 Å². The summed E-state index contributed by atoms with van der Waals surface area (Å²) in [5, 5.41) is 9.95. The Labute approximate surface area is 114 Å². The summed E-state index contributed by atoms with van der Waals surface area (Å²) < 4.78 is 0.974. The van der Waals surface area contributed by atoms with Crippen LogP contribution >= 0.6 is 15.9 Å². The van der Waals surface area contributed by atoms with Crippen molar-refractivity contribution in [3.63, 3.8) is 0 Å². The van der Waals surface area contributed by atoms with Gasteiger partial charge < -0.3 is 5.11 Å². The lowest BCUT2D eigenvalue weighted by molar-refractivity contribution is -0.126. The van der Waals surface area contributed by atoms with Crippen molar-refractivity contribution in [3.05, 3.63) is 70.2 Å². The van der Waals surface area contributed by atoms with Crippen molar-refractivity contribution in [2.75, 3.05) is 0 Å². The average molecular weight is 305 g/mol. The summed E-state index contributed by atoms with van der Waals surface area (Å²) >= 11 is 3.34. The molecule has 0 aliphatic rings. The second-order valence-electron chi connectivity index (χ2n) is 4.08. The molecule has 2 aromatic rings. The van der Waals surface area contributed by atoms with Gasteiger partial charge >= 0.3 is 0 Å². The predicted octanol–water partition coefficient (Wildman–Crippen LogP) is 3.29. The lowest BCUT2D eigenvalue weighted by Gasteiger charge is -2.09. The molecular weight excluding hydrogens is 292 g/mol. The van der Waals surface area contributed by atoms with Gasteiger partial charge in [-0.1, -0.05) is 58.4 Å². The highest BCUT2D eigenvalue weighted by Crippen LogP contribution is 2.17. The molecule has 3 heteroatoms. The zero-order valence-corrected chi connectivity index (χ0v) is 11.3. The zero-order valence-electron chi connectivity index (χ0n) is 9.71. The van der Waals surface area contributed by atoms with E-state index in [0.29, 0.717) is 5.56 Å². The minimum Gasteiger partial charge on any atom is -0.381 e. The maximum atomic E-state index is 11.9. The molecule has 92 valence electrons. The minimum absolute atomic E-state index is 0.191. The number of hydrogen-bond donors (Lipinski definition) is 1. The van der Waals surface area contributed by atoms with Crippen molar-refractivity contribution in [3.8, 4) is 0 Å². The fraction of sp³-hybridized carbons (Fsp3) is 0.133. The second kappa shape index (κ2) is 5.94. The normalized spacial score (nSPS) is 12.1. The van der Waals surface area contributed by atoms with E-state index in [-0.39, 0.29) is 12.2 Å². The smallest absolute Gasteiger partial charge is 0.170 e. The number of ketones is 1. The standard InChI is InChI=1S/C15H13BrO2/c16-13-8-6-11(7-9-13)10-14(17)15(18)12-4-2-1-3-5-12/h1-9,15,18H,10H2. The molecule has 0 aliphatic heterocycles. The molecule has 0 radical (unpaired) electrons. The number of aliphatic hydroxyl groups excluding tert-OH is 1. The van der Waals surface area contributed by atoms with Gasteiger partial charge in [-0.15, -0.1) is 0 Å². The molecule has 2 nitrogen and oxygen atoms in total. The van der Waals surface area contributed by atoms with E-state index >= 15 is 0 Å². The summed E-state index contributed by atoms with van der Waals surface area (Å²) in [6.07, 6.45) is -0.807. The van der Waals surface area contributed by atoms with Crippen LogP contribution in [-0.4, -0.2) is 10.9 Å². The Bertz CT molecular complexity index is 520. The molecule has 0 saturated carbocycles. The van der Waals surface area contributed by atoms with Crippen molar-refractivity contribution in [1.82, 2.24) is 0 Å². The van der Waals surface area contributed by atoms with Crippen LogP contribution in [0.25, 0.3) is 0 Å². The fourth-order valence-electron chi connectivity index (χ4n) is 1.72. The van der Waals surface area contributed by atoms with Crippen molar-refractivity contribution in [2.45, 2.75) is 12.5 Å². The fourth-order valence-corrected chi connectivity index (χ4v) is 1.99. The number of Topliss-reactive ketones (excluding diaryl/α,β-unsaturated/α-hetero) is 1. The summed E-state index contributed by atoms with van der Waals surface area (Å²) in [6, 6.07) is 16.5. The first-order valence-electron chi connectivity index (χ1n) is 5.67. The van der Waals surface area contributed by atoms with Gasteiger partial charge in [-0.25, -0.2) is 0 Å². The molecule has 1 N–H and O–H groups in total. The van der Waals surface area contributed by atoms with E-state index in [4.69, 9.17) is 0 Å². The number of aliphatic hydroxyl groups is 1. The van der Waals surface area contributed by atoms with Crippen molar-refractivity contribution in [2.24, 2.45) is 0 Å². The monoisotopic (exact) mass is 304 g/mol. The number of carbonyl (C=O) groups is 1. The van der Waals surface area contributed by atoms with Gasteiger partial charge in [0, 0.05) is 10.9 Å². The summed E-state index contributed by atoms with van der Waals surface area (Å²) in [6.45, 7) is 0. The topological polar surface area (TPSA) is 37.3 Å². The quantitative estimate of drug-likeness (QED) is 0.941. The van der Waals surface area contributed by atoms with Crippen LogP contribution in [0.3, 0.4) is 0 Å². The van der Waals surface area contributed by atoms with Crippen LogP contribution in [0.2, 0.25) is 0 Å². The number of carbonyl (C=O) groups excluding carboxylic acids is 1. The minimum atomic E-state index is -1.05. The van der Waals surface area contributed by atoms with Gasteiger partial charge in [0.1, 0.15) is 6.10 Å². The van der Waals surface area contributed by atoms with Gasteiger partial charge in [0.05, 0.1) is 0 Å². The number of benzene rings is 2. The Hall–Kier alpha value is -1.45. The van der Waals surface area contributed by atoms with E-state index < -0.39 is 6.10 Å². The van der Waals surface area contributed by atoms with Crippen LogP contribution in [0.5, 0.6) is 0 Å². The molecule has 18 heavy (non-hydrogen) atoms. The summed E-state index contributed by atoms with van der Waals surface area (Å²) in [5.41, 5.74) is 1.54. The number of rotatable bonds is 4. The van der Waals surface area contributed by atoms with E-state index in [9.17, 15) is 9.90 Å². The van der Waals surface area contributed by atoms with Crippen LogP contribution in [0.1, 0.15) is 17.2 Å². The molecule has 0 bridgehead atoms. The molecule has 1 unspecified atom stereocenters. The highest BCUT2D eigenvalue weighted by molar-refractivity contribution is 9.10. The molecule has 0 fully saturated rings. The lowest BCUT2D eigenvalue weighted by Crippen LogP contribution is -2.14. The van der Waals surface area contributed by atoms with E-state index in [0.717, 1.165) is 10.0 Å². The molecule has 0 heterocycles. The first-order chi connectivity index (χ1) is 8.66. The first kappa shape index (κ1) is 13.0. The Morgan fingerprint density at radius 2 is 1.67 bits per heavy atom. The molecule has 2 rings (SSSR count). The average Bonchev–Trinajstić information content (AvgIpc) is 2.41. The Morgan fingerprint density at radius 1 is 1.06 bits per heavy atom. The van der Waals surface area contributed by atoms with Gasteiger partial charge in [0.15, 0.2) is 5.78 Å². The summed E-state index contributed by atoms with van der Waals surface area (Å²) in [5.74, 6) is -0.191. The maximum absolute atomic E-state index is 11.9. The molecule has 0 amide bonds. The SMILES string of the molecule is O=C(Cc1ccc(Br)cc1)C(O)c1ccccc1. The van der Waals surface area contributed by atoms with Crippen molar-refractivity contribution >= 4 is 21.7 Å². The molecule has 0 saturated heterocycles. The van der Waals surface area contributed by atoms with Crippen LogP contribution in [-0.2, 0) is 11.2 Å². The third-order valence-corrected chi connectivity index (χ3v) is 3.24. The Kier molecular flexibility index (Phi) is 4.28. The third-order valence-electron chi connectivity index (χ3n) is 2.71. The highest BCUT2D eigenvalue weighted by Gasteiger charge is 2.16. The molecule has 0 spiro atoms. The molecule has 2 aromatic carbocycles. The van der Waals surface area contributed by atoms with Gasteiger partial charge in [0.25, 0.3) is 0 Å². The third kappa shape index (κ3) is 3.28. The second-order valence-corrected chi connectivity index (χ2v) is 5.00. The van der Waals surface area contributed by atoms with Crippen molar-refractivity contribution < 1.29 is 9.90 Å².